The normalized spacial score (nSPS) is 20.0. The quantitative estimate of drug-likeness (QED) is 0.755. The number of carbonyl (C=O) groups excluding carboxylic acids is 1. The third-order valence-corrected chi connectivity index (χ3v) is 5.61. The van der Waals surface area contributed by atoms with Crippen LogP contribution in [0.15, 0.2) is 48.7 Å². The molecule has 2 aliphatic rings. The van der Waals surface area contributed by atoms with Gasteiger partial charge in [0.05, 0.1) is 13.2 Å². The van der Waals surface area contributed by atoms with Crippen molar-refractivity contribution >= 4 is 11.7 Å². The van der Waals surface area contributed by atoms with Gasteiger partial charge in [0, 0.05) is 50.5 Å². The maximum Gasteiger partial charge on any atom is 0.251 e. The highest BCUT2D eigenvalue weighted by Gasteiger charge is 2.22. The zero-order valence-corrected chi connectivity index (χ0v) is 17.3. The van der Waals surface area contributed by atoms with E-state index in [0.717, 1.165) is 70.3 Å². The van der Waals surface area contributed by atoms with Crippen molar-refractivity contribution in [1.29, 1.82) is 0 Å². The molecule has 1 amide bonds. The number of aromatic nitrogens is 1. The van der Waals surface area contributed by atoms with Crippen LogP contribution in [0.3, 0.4) is 0 Å². The molecule has 0 aliphatic carbocycles. The second-order valence-electron chi connectivity index (χ2n) is 7.78. The summed E-state index contributed by atoms with van der Waals surface area (Å²) in [6, 6.07) is 13.5. The van der Waals surface area contributed by atoms with Crippen molar-refractivity contribution in [3.05, 3.63) is 54.2 Å². The van der Waals surface area contributed by atoms with E-state index in [-0.39, 0.29) is 11.9 Å². The maximum atomic E-state index is 12.8. The van der Waals surface area contributed by atoms with Crippen molar-refractivity contribution in [2.24, 2.45) is 0 Å². The van der Waals surface area contributed by atoms with Crippen LogP contribution in [0.5, 0.6) is 5.75 Å². The Hall–Kier alpha value is -2.64. The number of amides is 1. The summed E-state index contributed by atoms with van der Waals surface area (Å²) in [5.41, 5.74) is 0.633. The summed E-state index contributed by atoms with van der Waals surface area (Å²) in [5, 5.41) is 3.18. The molecule has 0 bridgehead atoms. The SMILES string of the molecule is O=C(N[C@H]1CCCN(c2ccccn2)C1)c1cccc(OCCN2CCOCC2)c1. The molecule has 160 valence electrons. The van der Waals surface area contributed by atoms with E-state index in [9.17, 15) is 4.79 Å². The number of rotatable bonds is 7. The van der Waals surface area contributed by atoms with Gasteiger partial charge in [-0.15, -0.1) is 0 Å². The molecule has 1 atom stereocenters. The van der Waals surface area contributed by atoms with Gasteiger partial charge in [-0.05, 0) is 43.2 Å². The van der Waals surface area contributed by atoms with Crippen LogP contribution >= 0.6 is 0 Å². The lowest BCUT2D eigenvalue weighted by Crippen LogP contribution is -2.48. The molecule has 1 N–H and O–H groups in total. The summed E-state index contributed by atoms with van der Waals surface area (Å²) < 4.78 is 11.3. The monoisotopic (exact) mass is 410 g/mol. The van der Waals surface area contributed by atoms with Gasteiger partial charge in [0.2, 0.25) is 0 Å². The van der Waals surface area contributed by atoms with E-state index in [2.05, 4.69) is 20.1 Å². The zero-order valence-electron chi connectivity index (χ0n) is 17.3. The zero-order chi connectivity index (χ0) is 20.6. The largest absolute Gasteiger partial charge is 0.492 e. The van der Waals surface area contributed by atoms with E-state index in [1.54, 1.807) is 0 Å². The molecule has 2 aliphatic heterocycles. The van der Waals surface area contributed by atoms with Gasteiger partial charge in [-0.3, -0.25) is 9.69 Å². The summed E-state index contributed by atoms with van der Waals surface area (Å²) in [5.74, 6) is 1.64. The molecule has 2 saturated heterocycles. The van der Waals surface area contributed by atoms with E-state index in [1.165, 1.54) is 0 Å². The first-order valence-corrected chi connectivity index (χ1v) is 10.8. The Morgan fingerprint density at radius 1 is 1.17 bits per heavy atom. The standard InChI is InChI=1S/C23H30N4O3/c28-23(25-20-6-4-10-27(18-20)22-8-1-2-9-24-22)19-5-3-7-21(17-19)30-16-13-26-11-14-29-15-12-26/h1-3,5,7-9,17,20H,4,6,10-16,18H2,(H,25,28)/t20-/m0/s1. The number of piperidine rings is 1. The Balaban J connectivity index is 1.28. The van der Waals surface area contributed by atoms with E-state index < -0.39 is 0 Å². The minimum atomic E-state index is -0.0542. The Bertz CT molecular complexity index is 811. The lowest BCUT2D eigenvalue weighted by molar-refractivity contribution is 0.0322. The van der Waals surface area contributed by atoms with Gasteiger partial charge in [-0.1, -0.05) is 12.1 Å². The molecule has 0 saturated carbocycles. The number of nitrogens with zero attached hydrogens (tertiary/aromatic N) is 3. The van der Waals surface area contributed by atoms with E-state index in [4.69, 9.17) is 9.47 Å². The second-order valence-corrected chi connectivity index (χ2v) is 7.78. The third kappa shape index (κ3) is 5.70. The van der Waals surface area contributed by atoms with Gasteiger partial charge in [-0.2, -0.15) is 0 Å². The molecule has 7 heteroatoms. The fraction of sp³-hybridized carbons (Fsp3) is 0.478. The van der Waals surface area contributed by atoms with Gasteiger partial charge in [0.25, 0.3) is 5.91 Å². The average Bonchev–Trinajstić information content (AvgIpc) is 2.81. The fourth-order valence-corrected chi connectivity index (χ4v) is 3.96. The van der Waals surface area contributed by atoms with E-state index >= 15 is 0 Å². The minimum absolute atomic E-state index is 0.0542. The Labute approximate surface area is 178 Å². The molecule has 1 aromatic heterocycles. The molecule has 30 heavy (non-hydrogen) atoms. The summed E-state index contributed by atoms with van der Waals surface area (Å²) >= 11 is 0. The van der Waals surface area contributed by atoms with Gasteiger partial charge in [0.15, 0.2) is 0 Å². The molecule has 2 fully saturated rings. The van der Waals surface area contributed by atoms with Crippen LogP contribution in [0, 0.1) is 0 Å². The number of ether oxygens (including phenoxy) is 2. The number of benzene rings is 1. The maximum absolute atomic E-state index is 12.8. The minimum Gasteiger partial charge on any atom is -0.492 e. The molecular weight excluding hydrogens is 380 g/mol. The van der Waals surface area contributed by atoms with Crippen LogP contribution in [0.1, 0.15) is 23.2 Å². The molecular formula is C23H30N4O3. The molecule has 0 spiro atoms. The number of hydrogen-bond donors (Lipinski definition) is 1. The summed E-state index contributed by atoms with van der Waals surface area (Å²) in [6.45, 7) is 6.68. The Kier molecular flexibility index (Phi) is 7.16. The van der Waals surface area contributed by atoms with Crippen molar-refractivity contribution in [3.8, 4) is 5.75 Å². The number of anilines is 1. The van der Waals surface area contributed by atoms with Crippen LogP contribution in [0.4, 0.5) is 5.82 Å². The first kappa shape index (κ1) is 20.6. The van der Waals surface area contributed by atoms with Gasteiger partial charge in [-0.25, -0.2) is 4.98 Å². The predicted octanol–water partition coefficient (Wildman–Crippen LogP) is 2.19. The van der Waals surface area contributed by atoms with Crippen LogP contribution in [-0.2, 0) is 4.74 Å². The third-order valence-electron chi connectivity index (χ3n) is 5.61. The van der Waals surface area contributed by atoms with Crippen molar-refractivity contribution in [2.75, 3.05) is 57.4 Å². The highest BCUT2D eigenvalue weighted by Crippen LogP contribution is 2.18. The molecule has 7 nitrogen and oxygen atoms in total. The summed E-state index contributed by atoms with van der Waals surface area (Å²) in [7, 11) is 0. The smallest absolute Gasteiger partial charge is 0.251 e. The molecule has 4 rings (SSSR count). The van der Waals surface area contributed by atoms with E-state index in [0.29, 0.717) is 12.2 Å². The van der Waals surface area contributed by atoms with Crippen LogP contribution in [-0.4, -0.2) is 74.4 Å². The van der Waals surface area contributed by atoms with Crippen LogP contribution < -0.4 is 15.0 Å². The molecule has 1 aromatic carbocycles. The first-order valence-electron chi connectivity index (χ1n) is 10.8. The number of carbonyl (C=O) groups is 1. The lowest BCUT2D eigenvalue weighted by atomic mass is 10.0. The van der Waals surface area contributed by atoms with Gasteiger partial charge < -0.3 is 19.7 Å². The predicted molar refractivity (Wildman–Crippen MR) is 116 cm³/mol. The molecule has 0 unspecified atom stereocenters. The van der Waals surface area contributed by atoms with Crippen molar-refractivity contribution in [2.45, 2.75) is 18.9 Å². The number of nitrogens with one attached hydrogen (secondary N) is 1. The Morgan fingerprint density at radius 2 is 2.07 bits per heavy atom. The fourth-order valence-electron chi connectivity index (χ4n) is 3.96. The van der Waals surface area contributed by atoms with Crippen LogP contribution in [0.25, 0.3) is 0 Å². The number of morpholine rings is 1. The average molecular weight is 411 g/mol. The number of hydrogen-bond acceptors (Lipinski definition) is 6. The molecule has 0 radical (unpaired) electrons. The number of pyridine rings is 1. The second kappa shape index (κ2) is 10.4. The van der Waals surface area contributed by atoms with Crippen molar-refractivity contribution in [3.63, 3.8) is 0 Å². The highest BCUT2D eigenvalue weighted by atomic mass is 16.5. The first-order chi connectivity index (χ1) is 14.8. The van der Waals surface area contributed by atoms with Gasteiger partial charge >= 0.3 is 0 Å². The Morgan fingerprint density at radius 3 is 2.90 bits per heavy atom. The van der Waals surface area contributed by atoms with Gasteiger partial charge in [0.1, 0.15) is 18.2 Å². The molecule has 2 aromatic rings. The highest BCUT2D eigenvalue weighted by molar-refractivity contribution is 5.94. The van der Waals surface area contributed by atoms with Crippen molar-refractivity contribution in [1.82, 2.24) is 15.2 Å². The summed E-state index contributed by atoms with van der Waals surface area (Å²) in [4.78, 5) is 21.8. The summed E-state index contributed by atoms with van der Waals surface area (Å²) in [6.07, 6.45) is 3.82. The van der Waals surface area contributed by atoms with Crippen LogP contribution in [0.2, 0.25) is 0 Å². The van der Waals surface area contributed by atoms with Crippen molar-refractivity contribution < 1.29 is 14.3 Å². The molecule has 3 heterocycles. The van der Waals surface area contributed by atoms with E-state index in [1.807, 2.05) is 48.7 Å². The topological polar surface area (TPSA) is 66.9 Å². The lowest BCUT2D eigenvalue weighted by Gasteiger charge is -2.34.